The standard InChI is InChI=1S/C18H21FO2/c1-12-10-13(2)18(16(19)11-12)17(20)9-6-14-4-7-15(21-3)8-5-14/h4-5,7-8,10-11,17,20H,6,9H2,1-3H3. The lowest BCUT2D eigenvalue weighted by atomic mass is 9.96. The topological polar surface area (TPSA) is 29.5 Å². The normalized spacial score (nSPS) is 12.2. The van der Waals surface area contributed by atoms with Crippen LogP contribution in [0.4, 0.5) is 4.39 Å². The van der Waals surface area contributed by atoms with E-state index in [4.69, 9.17) is 4.74 Å². The van der Waals surface area contributed by atoms with Crippen molar-refractivity contribution in [2.45, 2.75) is 32.8 Å². The van der Waals surface area contributed by atoms with Crippen molar-refractivity contribution in [2.75, 3.05) is 7.11 Å². The van der Waals surface area contributed by atoms with Gasteiger partial charge in [0.2, 0.25) is 0 Å². The van der Waals surface area contributed by atoms with Crippen LogP contribution in [0.2, 0.25) is 0 Å². The van der Waals surface area contributed by atoms with E-state index < -0.39 is 6.10 Å². The molecule has 0 saturated carbocycles. The lowest BCUT2D eigenvalue weighted by molar-refractivity contribution is 0.162. The van der Waals surface area contributed by atoms with Crippen LogP contribution < -0.4 is 4.74 Å². The number of hydrogen-bond acceptors (Lipinski definition) is 2. The van der Waals surface area contributed by atoms with Gasteiger partial charge >= 0.3 is 0 Å². The summed E-state index contributed by atoms with van der Waals surface area (Å²) >= 11 is 0. The average molecular weight is 288 g/mol. The Morgan fingerprint density at radius 1 is 1.14 bits per heavy atom. The van der Waals surface area contributed by atoms with Gasteiger partial charge in [0.15, 0.2) is 0 Å². The molecule has 0 spiro atoms. The Labute approximate surface area is 125 Å². The third-order valence-electron chi connectivity index (χ3n) is 3.68. The van der Waals surface area contributed by atoms with Gasteiger partial charge in [0, 0.05) is 5.56 Å². The van der Waals surface area contributed by atoms with Crippen LogP contribution in [-0.4, -0.2) is 12.2 Å². The smallest absolute Gasteiger partial charge is 0.129 e. The summed E-state index contributed by atoms with van der Waals surface area (Å²) < 4.78 is 19.1. The van der Waals surface area contributed by atoms with E-state index in [2.05, 4.69) is 0 Å². The second kappa shape index (κ2) is 6.72. The van der Waals surface area contributed by atoms with Crippen molar-refractivity contribution in [1.29, 1.82) is 0 Å². The number of aliphatic hydroxyl groups is 1. The number of hydrogen-bond donors (Lipinski definition) is 1. The van der Waals surface area contributed by atoms with E-state index >= 15 is 0 Å². The predicted molar refractivity (Wildman–Crippen MR) is 82.1 cm³/mol. The first kappa shape index (κ1) is 15.5. The minimum absolute atomic E-state index is 0.324. The van der Waals surface area contributed by atoms with Crippen molar-refractivity contribution in [3.05, 3.63) is 64.5 Å². The highest BCUT2D eigenvalue weighted by Gasteiger charge is 2.16. The lowest BCUT2D eigenvalue weighted by Gasteiger charge is -2.15. The van der Waals surface area contributed by atoms with Gasteiger partial charge < -0.3 is 9.84 Å². The summed E-state index contributed by atoms with van der Waals surface area (Å²) in [6, 6.07) is 11.1. The molecule has 21 heavy (non-hydrogen) atoms. The van der Waals surface area contributed by atoms with Gasteiger partial charge in [-0.2, -0.15) is 0 Å². The zero-order chi connectivity index (χ0) is 15.4. The van der Waals surface area contributed by atoms with Gasteiger partial charge in [0.25, 0.3) is 0 Å². The molecule has 2 nitrogen and oxygen atoms in total. The molecule has 0 aliphatic rings. The largest absolute Gasteiger partial charge is 0.497 e. The number of halogens is 1. The summed E-state index contributed by atoms with van der Waals surface area (Å²) in [7, 11) is 1.63. The van der Waals surface area contributed by atoms with Gasteiger partial charge in [-0.25, -0.2) is 4.39 Å². The molecule has 0 fully saturated rings. The van der Waals surface area contributed by atoms with E-state index in [9.17, 15) is 9.50 Å². The van der Waals surface area contributed by atoms with Crippen LogP contribution in [0.15, 0.2) is 36.4 Å². The maximum absolute atomic E-state index is 14.0. The monoisotopic (exact) mass is 288 g/mol. The van der Waals surface area contributed by atoms with Crippen LogP contribution in [0, 0.1) is 19.7 Å². The molecule has 0 heterocycles. The predicted octanol–water partition coefficient (Wildman–Crippen LogP) is 4.12. The van der Waals surface area contributed by atoms with Crippen molar-refractivity contribution in [3.63, 3.8) is 0 Å². The quantitative estimate of drug-likeness (QED) is 0.897. The molecule has 0 aromatic heterocycles. The summed E-state index contributed by atoms with van der Waals surface area (Å²) in [5.41, 5.74) is 3.18. The van der Waals surface area contributed by atoms with Gasteiger partial charge in [0.05, 0.1) is 13.2 Å². The summed E-state index contributed by atoms with van der Waals surface area (Å²) in [5, 5.41) is 10.3. The number of aryl methyl sites for hydroxylation is 3. The van der Waals surface area contributed by atoms with Crippen molar-refractivity contribution in [3.8, 4) is 5.75 Å². The number of ether oxygens (including phenoxy) is 1. The van der Waals surface area contributed by atoms with Crippen LogP contribution in [0.5, 0.6) is 5.75 Å². The molecule has 1 unspecified atom stereocenters. The van der Waals surface area contributed by atoms with Gasteiger partial charge in [0.1, 0.15) is 11.6 Å². The number of methoxy groups -OCH3 is 1. The Bertz CT molecular complexity index is 582. The first-order chi connectivity index (χ1) is 10.0. The second-order valence-electron chi connectivity index (χ2n) is 5.38. The van der Waals surface area contributed by atoms with E-state index in [0.717, 1.165) is 22.4 Å². The van der Waals surface area contributed by atoms with Crippen molar-refractivity contribution < 1.29 is 14.2 Å². The van der Waals surface area contributed by atoms with Gasteiger partial charge in [-0.15, -0.1) is 0 Å². The highest BCUT2D eigenvalue weighted by molar-refractivity contribution is 5.34. The van der Waals surface area contributed by atoms with E-state index in [1.54, 1.807) is 7.11 Å². The van der Waals surface area contributed by atoms with Gasteiger partial charge in [-0.3, -0.25) is 0 Å². The van der Waals surface area contributed by atoms with E-state index in [0.29, 0.717) is 18.4 Å². The summed E-state index contributed by atoms with van der Waals surface area (Å²) in [6.07, 6.45) is 0.401. The Hall–Kier alpha value is -1.87. The molecule has 3 heteroatoms. The first-order valence-electron chi connectivity index (χ1n) is 7.09. The molecule has 0 saturated heterocycles. The summed E-state index contributed by atoms with van der Waals surface area (Å²) in [6.45, 7) is 3.69. The summed E-state index contributed by atoms with van der Waals surface area (Å²) in [5.74, 6) is 0.481. The SMILES string of the molecule is COc1ccc(CCC(O)c2c(C)cc(C)cc2F)cc1. The molecule has 2 aromatic rings. The van der Waals surface area contributed by atoms with E-state index in [-0.39, 0.29) is 5.82 Å². The molecular weight excluding hydrogens is 267 g/mol. The molecule has 0 aliphatic heterocycles. The third kappa shape index (κ3) is 3.82. The molecule has 2 rings (SSSR count). The Kier molecular flexibility index (Phi) is 4.97. The number of benzene rings is 2. The van der Waals surface area contributed by atoms with Crippen LogP contribution in [-0.2, 0) is 6.42 Å². The van der Waals surface area contributed by atoms with Crippen LogP contribution in [0.3, 0.4) is 0 Å². The molecule has 0 amide bonds. The van der Waals surface area contributed by atoms with Crippen LogP contribution in [0.1, 0.15) is 34.8 Å². The van der Waals surface area contributed by atoms with Crippen molar-refractivity contribution in [1.82, 2.24) is 0 Å². The Morgan fingerprint density at radius 2 is 1.81 bits per heavy atom. The van der Waals surface area contributed by atoms with E-state index in [1.807, 2.05) is 44.2 Å². The number of rotatable bonds is 5. The van der Waals surface area contributed by atoms with Gasteiger partial charge in [-0.1, -0.05) is 18.2 Å². The minimum atomic E-state index is -0.785. The van der Waals surface area contributed by atoms with E-state index in [1.165, 1.54) is 6.07 Å². The van der Waals surface area contributed by atoms with Gasteiger partial charge in [-0.05, 0) is 61.6 Å². The second-order valence-corrected chi connectivity index (χ2v) is 5.38. The fraction of sp³-hybridized carbons (Fsp3) is 0.333. The maximum Gasteiger partial charge on any atom is 0.129 e. The molecule has 1 atom stereocenters. The van der Waals surface area contributed by atoms with Crippen LogP contribution in [0.25, 0.3) is 0 Å². The Morgan fingerprint density at radius 3 is 2.38 bits per heavy atom. The maximum atomic E-state index is 14.0. The zero-order valence-corrected chi connectivity index (χ0v) is 12.7. The highest BCUT2D eigenvalue weighted by Crippen LogP contribution is 2.26. The lowest BCUT2D eigenvalue weighted by Crippen LogP contribution is -2.05. The van der Waals surface area contributed by atoms with Crippen molar-refractivity contribution >= 4 is 0 Å². The molecule has 1 N–H and O–H groups in total. The zero-order valence-electron chi connectivity index (χ0n) is 12.7. The fourth-order valence-corrected chi connectivity index (χ4v) is 2.59. The molecule has 0 bridgehead atoms. The molecular formula is C18H21FO2. The molecule has 0 radical (unpaired) electrons. The van der Waals surface area contributed by atoms with Crippen LogP contribution >= 0.6 is 0 Å². The highest BCUT2D eigenvalue weighted by atomic mass is 19.1. The van der Waals surface area contributed by atoms with Crippen molar-refractivity contribution in [2.24, 2.45) is 0 Å². The fourth-order valence-electron chi connectivity index (χ4n) is 2.59. The number of aliphatic hydroxyl groups excluding tert-OH is 1. The Balaban J connectivity index is 2.06. The molecule has 2 aromatic carbocycles. The third-order valence-corrected chi connectivity index (χ3v) is 3.68. The molecule has 112 valence electrons. The molecule has 0 aliphatic carbocycles. The minimum Gasteiger partial charge on any atom is -0.497 e. The summed E-state index contributed by atoms with van der Waals surface area (Å²) in [4.78, 5) is 0. The first-order valence-corrected chi connectivity index (χ1v) is 7.09. The average Bonchev–Trinajstić information content (AvgIpc) is 2.44.